The molecule has 0 saturated carbocycles. The van der Waals surface area contributed by atoms with E-state index in [9.17, 15) is 4.79 Å². The zero-order chi connectivity index (χ0) is 6.78. The van der Waals surface area contributed by atoms with E-state index in [1.807, 2.05) is 0 Å². The van der Waals surface area contributed by atoms with E-state index in [0.717, 1.165) is 0 Å². The molecule has 0 atom stereocenters. The van der Waals surface area contributed by atoms with Crippen molar-refractivity contribution in [2.24, 2.45) is 5.90 Å². The molecule has 0 aromatic rings. The van der Waals surface area contributed by atoms with Crippen LogP contribution in [-0.4, -0.2) is 17.6 Å². The van der Waals surface area contributed by atoms with Gasteiger partial charge in [0.2, 0.25) is 0 Å². The second kappa shape index (κ2) is 2.62. The molecule has 0 aromatic heterocycles. The molecule has 0 unspecified atom stereocenters. The third kappa shape index (κ3) is 3.39. The fraction of sp³-hybridized carbons (Fsp3) is 0.500. The molecule has 0 aromatic carbocycles. The van der Waals surface area contributed by atoms with Gasteiger partial charge in [0.25, 0.3) is 0 Å². The lowest BCUT2D eigenvalue weighted by Gasteiger charge is -1.83. The van der Waals surface area contributed by atoms with Crippen LogP contribution in [0.3, 0.4) is 0 Å². The molecule has 0 radical (unpaired) electrons. The number of aliphatic carboxylic acids is 1. The van der Waals surface area contributed by atoms with Crippen LogP contribution in [0.25, 0.3) is 0 Å². The van der Waals surface area contributed by atoms with Crippen LogP contribution >= 0.6 is 0 Å². The first-order valence-electron chi connectivity index (χ1n) is 2.12. The summed E-state index contributed by atoms with van der Waals surface area (Å²) >= 11 is 0. The Morgan fingerprint density at radius 3 is 2.83 bits per heavy atom. The quantitative estimate of drug-likeness (QED) is 0.428. The molecule has 4 heteroatoms. The van der Waals surface area contributed by atoms with Crippen LogP contribution in [0.15, 0.2) is 0 Å². The molecular formula is C2H5NO3. The van der Waals surface area contributed by atoms with Crippen LogP contribution < -0.4 is 5.90 Å². The van der Waals surface area contributed by atoms with Crippen molar-refractivity contribution in [2.45, 2.75) is 0 Å². The smallest absolute Gasteiger partial charge is 0.331 e. The topological polar surface area (TPSA) is 72.5 Å². The van der Waals surface area contributed by atoms with E-state index < -0.39 is 12.5 Å². The fourth-order valence-corrected chi connectivity index (χ4v) is 0.0504. The number of hydrogen-bond acceptors (Lipinski definition) is 3. The van der Waals surface area contributed by atoms with Crippen molar-refractivity contribution in [1.82, 2.24) is 0 Å². The van der Waals surface area contributed by atoms with E-state index in [1.165, 1.54) is 0 Å². The van der Waals surface area contributed by atoms with Gasteiger partial charge in [-0.1, -0.05) is 0 Å². The first kappa shape index (κ1) is 2.54. The standard InChI is InChI=1S/C2H5NO3/c3-6-1-2(4)5/h1,3H2,(H,4,5)/i1D2. The fourth-order valence-electron chi connectivity index (χ4n) is 0.0504. The average molecular weight is 93.1 g/mol. The van der Waals surface area contributed by atoms with Crippen LogP contribution in [0.4, 0.5) is 0 Å². The summed E-state index contributed by atoms with van der Waals surface area (Å²) in [4.78, 5) is 13.1. The number of rotatable bonds is 2. The van der Waals surface area contributed by atoms with E-state index in [1.54, 1.807) is 0 Å². The number of hydrogen-bond donors (Lipinski definition) is 2. The van der Waals surface area contributed by atoms with Crippen molar-refractivity contribution in [3.05, 3.63) is 0 Å². The van der Waals surface area contributed by atoms with Crippen LogP contribution in [0.5, 0.6) is 0 Å². The van der Waals surface area contributed by atoms with Crippen molar-refractivity contribution in [3.8, 4) is 0 Å². The third-order valence-corrected chi connectivity index (χ3v) is 0.146. The van der Waals surface area contributed by atoms with Crippen LogP contribution in [0.1, 0.15) is 2.74 Å². The summed E-state index contributed by atoms with van der Waals surface area (Å²) < 4.78 is 12.7. The molecule has 3 N–H and O–H groups in total. The van der Waals surface area contributed by atoms with Crippen LogP contribution in [-0.2, 0) is 9.63 Å². The van der Waals surface area contributed by atoms with Gasteiger partial charge in [0.1, 0.15) is 0 Å². The molecule has 0 aliphatic rings. The summed E-state index contributed by atoms with van der Waals surface area (Å²) in [6, 6.07) is 0. The van der Waals surface area contributed by atoms with E-state index in [-0.39, 0.29) is 0 Å². The second-order valence-electron chi connectivity index (χ2n) is 0.525. The van der Waals surface area contributed by atoms with Gasteiger partial charge in [-0.15, -0.1) is 0 Å². The monoisotopic (exact) mass is 93.0 g/mol. The molecule has 4 nitrogen and oxygen atoms in total. The summed E-state index contributed by atoms with van der Waals surface area (Å²) in [6.45, 7) is -2.76. The minimum Gasteiger partial charge on any atom is -0.479 e. The highest BCUT2D eigenvalue weighted by Crippen LogP contribution is 1.57. The van der Waals surface area contributed by atoms with Gasteiger partial charge in [0.05, 0.1) is 2.74 Å². The van der Waals surface area contributed by atoms with Crippen molar-refractivity contribution >= 4 is 5.97 Å². The second-order valence-corrected chi connectivity index (χ2v) is 0.525. The van der Waals surface area contributed by atoms with Crippen molar-refractivity contribution < 1.29 is 17.5 Å². The minimum absolute atomic E-state index is 1.74. The van der Waals surface area contributed by atoms with Crippen LogP contribution in [0, 0.1) is 0 Å². The Morgan fingerprint density at radius 2 is 2.83 bits per heavy atom. The molecule has 0 rings (SSSR count). The van der Waals surface area contributed by atoms with Gasteiger partial charge in [-0.25, -0.2) is 10.7 Å². The largest absolute Gasteiger partial charge is 0.479 e. The summed E-state index contributed by atoms with van der Waals surface area (Å²) in [5.74, 6) is 2.52. The van der Waals surface area contributed by atoms with Gasteiger partial charge in [-0.3, -0.25) is 4.84 Å². The van der Waals surface area contributed by atoms with E-state index in [4.69, 9.17) is 7.85 Å². The lowest BCUT2D eigenvalue weighted by atomic mass is 10.8. The molecule has 0 fully saturated rings. The number of carbonyl (C=O) groups is 1. The number of carboxylic acids is 1. The van der Waals surface area contributed by atoms with E-state index in [0.29, 0.717) is 0 Å². The lowest BCUT2D eigenvalue weighted by molar-refractivity contribution is -0.142. The Labute approximate surface area is 37.3 Å². The molecule has 0 bridgehead atoms. The molecule has 6 heavy (non-hydrogen) atoms. The van der Waals surface area contributed by atoms with Crippen molar-refractivity contribution in [3.63, 3.8) is 0 Å². The van der Waals surface area contributed by atoms with Gasteiger partial charge in [0.15, 0.2) is 6.56 Å². The van der Waals surface area contributed by atoms with E-state index in [2.05, 4.69) is 10.7 Å². The number of carboxylic acid groups (broad SMARTS) is 1. The first-order valence-corrected chi connectivity index (χ1v) is 1.12. The number of nitrogens with two attached hydrogens (primary N) is 1. The molecule has 0 aliphatic heterocycles. The lowest BCUT2D eigenvalue weighted by Crippen LogP contribution is -2.10. The normalized spacial score (nSPS) is 15.5. The summed E-state index contributed by atoms with van der Waals surface area (Å²) in [6.07, 6.45) is 0. The Kier molecular flexibility index (Phi) is 1.11. The van der Waals surface area contributed by atoms with Crippen molar-refractivity contribution in [2.75, 3.05) is 6.56 Å². The molecule has 0 amide bonds. The maximum absolute atomic E-state index is 9.67. The maximum atomic E-state index is 9.67. The Bertz CT molecular complexity index is 103. The molecule has 0 heterocycles. The van der Waals surface area contributed by atoms with E-state index >= 15 is 0 Å². The molecule has 36 valence electrons. The Morgan fingerprint density at radius 1 is 2.33 bits per heavy atom. The molecular weight excluding hydrogens is 86.0 g/mol. The van der Waals surface area contributed by atoms with Gasteiger partial charge in [-0.2, -0.15) is 0 Å². The highest BCUT2D eigenvalue weighted by molar-refractivity contribution is 5.67. The highest BCUT2D eigenvalue weighted by atomic mass is 16.6. The zero-order valence-corrected chi connectivity index (χ0v) is 2.84. The predicted molar refractivity (Wildman–Crippen MR) is 17.8 cm³/mol. The molecule has 0 aliphatic carbocycles. The molecule has 0 spiro atoms. The summed E-state index contributed by atoms with van der Waals surface area (Å²) in [5, 5.41) is 7.86. The minimum atomic E-state index is -2.76. The Hall–Kier alpha value is -0.610. The SMILES string of the molecule is [2H]C([2H])(ON)C(=O)O. The zero-order valence-electron chi connectivity index (χ0n) is 4.84. The van der Waals surface area contributed by atoms with Gasteiger partial charge < -0.3 is 5.11 Å². The Balaban J connectivity index is 3.91. The highest BCUT2D eigenvalue weighted by Gasteiger charge is 1.88. The van der Waals surface area contributed by atoms with Gasteiger partial charge in [0, 0.05) is 0 Å². The van der Waals surface area contributed by atoms with Crippen molar-refractivity contribution in [1.29, 1.82) is 0 Å². The predicted octanol–water partition coefficient (Wildman–Crippen LogP) is -1.04. The van der Waals surface area contributed by atoms with Gasteiger partial charge >= 0.3 is 5.97 Å². The third-order valence-electron chi connectivity index (χ3n) is 0.146. The summed E-state index contributed by atoms with van der Waals surface area (Å²) in [5.41, 5.74) is 0. The molecule has 0 saturated heterocycles. The van der Waals surface area contributed by atoms with Gasteiger partial charge in [-0.05, 0) is 0 Å². The average Bonchev–Trinajstić information content (AvgIpc) is 1.67. The first-order chi connectivity index (χ1) is 3.50. The maximum Gasteiger partial charge on any atom is 0.331 e. The summed E-state index contributed by atoms with van der Waals surface area (Å²) in [7, 11) is 0. The van der Waals surface area contributed by atoms with Crippen LogP contribution in [0.2, 0.25) is 0 Å².